The molecule has 0 unspecified atom stereocenters. The van der Waals surface area contributed by atoms with Gasteiger partial charge in [-0.25, -0.2) is 0 Å². The molecule has 0 aromatic carbocycles. The summed E-state index contributed by atoms with van der Waals surface area (Å²) in [6.45, 7) is 0. The number of rotatable bonds is 0. The molecule has 2 aromatic rings. The van der Waals surface area contributed by atoms with Crippen molar-refractivity contribution in [1.29, 1.82) is 0 Å². The predicted octanol–water partition coefficient (Wildman–Crippen LogP) is 2.82. The fourth-order valence-electron chi connectivity index (χ4n) is 0.626. The molecule has 0 spiro atoms. The third-order valence-corrected chi connectivity index (χ3v) is 2.52. The molecule has 16 heavy (non-hydrogen) atoms. The van der Waals surface area contributed by atoms with Crippen LogP contribution >= 0.6 is 47.8 Å². The molecule has 0 aliphatic rings. The maximum Gasteiger partial charge on any atom is 0.146 e. The van der Waals surface area contributed by atoms with Crippen LogP contribution in [0.25, 0.3) is 0 Å². The van der Waals surface area contributed by atoms with Gasteiger partial charge in [-0.05, 0) is 72.1 Å². The molecule has 2 heterocycles. The maximum absolute atomic E-state index is 5.23. The molecule has 5 nitrogen and oxygen atoms in total. The van der Waals surface area contributed by atoms with E-state index in [1.807, 2.05) is 12.1 Å². The van der Waals surface area contributed by atoms with Crippen LogP contribution in [0.5, 0.6) is 0 Å². The molecule has 0 radical (unpaired) electrons. The third-order valence-electron chi connectivity index (χ3n) is 1.25. The van der Waals surface area contributed by atoms with Crippen molar-refractivity contribution in [2.45, 2.75) is 0 Å². The first kappa shape index (κ1) is 13.5. The Bertz CT molecular complexity index is 345. The fourth-order valence-corrected chi connectivity index (χ4v) is 1.26. The van der Waals surface area contributed by atoms with Crippen molar-refractivity contribution in [1.82, 2.24) is 20.4 Å². The summed E-state index contributed by atoms with van der Waals surface area (Å²) in [4.78, 5) is 0. The number of hydrogen-bond donors (Lipinski definition) is 1. The van der Waals surface area contributed by atoms with E-state index < -0.39 is 0 Å². The SMILES string of the molecule is Brc1ccc(Br)nn1.Nc1ccc(Br)nn1. The lowest BCUT2D eigenvalue weighted by atomic mass is 10.6. The molecular weight excluding hydrogens is 406 g/mol. The molecule has 0 saturated heterocycles. The highest BCUT2D eigenvalue weighted by Gasteiger charge is 1.86. The van der Waals surface area contributed by atoms with Crippen LogP contribution in [0.1, 0.15) is 0 Å². The lowest BCUT2D eigenvalue weighted by molar-refractivity contribution is 0.981. The first-order chi connectivity index (χ1) is 7.58. The van der Waals surface area contributed by atoms with Crippen molar-refractivity contribution in [2.75, 3.05) is 5.73 Å². The Balaban J connectivity index is 0.000000160. The number of anilines is 1. The zero-order valence-corrected chi connectivity index (χ0v) is 12.6. The van der Waals surface area contributed by atoms with Gasteiger partial charge in [0.05, 0.1) is 0 Å². The second-order valence-corrected chi connectivity index (χ2v) is 4.90. The summed E-state index contributed by atoms with van der Waals surface area (Å²) >= 11 is 9.42. The molecular formula is C8H6Br3N5. The topological polar surface area (TPSA) is 77.6 Å². The zero-order valence-electron chi connectivity index (χ0n) is 7.81. The molecule has 84 valence electrons. The molecule has 0 aliphatic heterocycles. The largest absolute Gasteiger partial charge is 0.382 e. The van der Waals surface area contributed by atoms with Gasteiger partial charge in [-0.1, -0.05) is 0 Å². The molecule has 0 atom stereocenters. The van der Waals surface area contributed by atoms with Crippen molar-refractivity contribution in [2.24, 2.45) is 0 Å². The number of nitrogens with zero attached hydrogens (tertiary/aromatic N) is 4. The Morgan fingerprint density at radius 1 is 0.688 bits per heavy atom. The number of nitrogen functional groups attached to an aromatic ring is 1. The van der Waals surface area contributed by atoms with Crippen molar-refractivity contribution < 1.29 is 0 Å². The molecule has 8 heteroatoms. The van der Waals surface area contributed by atoms with E-state index in [0.29, 0.717) is 10.4 Å². The van der Waals surface area contributed by atoms with E-state index in [1.54, 1.807) is 12.1 Å². The quantitative estimate of drug-likeness (QED) is 0.721. The van der Waals surface area contributed by atoms with Crippen molar-refractivity contribution in [3.8, 4) is 0 Å². The van der Waals surface area contributed by atoms with E-state index in [9.17, 15) is 0 Å². The van der Waals surface area contributed by atoms with E-state index in [4.69, 9.17) is 5.73 Å². The normalized spacial score (nSPS) is 9.19. The standard InChI is InChI=1S/C4H2Br2N2.C4H4BrN3/c2*5-3-1-2-4(6)8-7-3/h1-2H;1-2H,(H2,6,8). The highest BCUT2D eigenvalue weighted by molar-refractivity contribution is 9.11. The van der Waals surface area contributed by atoms with Gasteiger partial charge in [0, 0.05) is 0 Å². The summed E-state index contributed by atoms with van der Waals surface area (Å²) in [5.41, 5.74) is 5.23. The van der Waals surface area contributed by atoms with Crippen molar-refractivity contribution >= 4 is 53.6 Å². The molecule has 2 N–H and O–H groups in total. The maximum atomic E-state index is 5.23. The van der Waals surface area contributed by atoms with Crippen LogP contribution in [0.2, 0.25) is 0 Å². The molecule has 2 aromatic heterocycles. The molecule has 0 aliphatic carbocycles. The van der Waals surface area contributed by atoms with Crippen molar-refractivity contribution in [3.05, 3.63) is 38.1 Å². The van der Waals surface area contributed by atoms with Crippen LogP contribution in [0.4, 0.5) is 5.82 Å². The average Bonchev–Trinajstić information content (AvgIpc) is 2.28. The summed E-state index contributed by atoms with van der Waals surface area (Å²) in [5, 5.41) is 14.6. The Morgan fingerprint density at radius 2 is 1.06 bits per heavy atom. The summed E-state index contributed by atoms with van der Waals surface area (Å²) in [6.07, 6.45) is 0. The van der Waals surface area contributed by atoms with E-state index >= 15 is 0 Å². The Hall–Kier alpha value is -0.600. The minimum absolute atomic E-state index is 0.438. The second-order valence-electron chi connectivity index (χ2n) is 2.46. The summed E-state index contributed by atoms with van der Waals surface area (Å²) in [6, 6.07) is 7.05. The number of halogens is 3. The Labute approximate surface area is 117 Å². The van der Waals surface area contributed by atoms with Crippen LogP contribution in [0.3, 0.4) is 0 Å². The van der Waals surface area contributed by atoms with E-state index in [-0.39, 0.29) is 0 Å². The lowest BCUT2D eigenvalue weighted by Gasteiger charge is -1.86. The monoisotopic (exact) mass is 409 g/mol. The average molecular weight is 412 g/mol. The number of hydrogen-bond acceptors (Lipinski definition) is 5. The van der Waals surface area contributed by atoms with Crippen LogP contribution in [-0.4, -0.2) is 20.4 Å². The summed E-state index contributed by atoms with van der Waals surface area (Å²) < 4.78 is 2.20. The molecule has 0 fully saturated rings. The summed E-state index contributed by atoms with van der Waals surface area (Å²) in [7, 11) is 0. The van der Waals surface area contributed by atoms with E-state index in [2.05, 4.69) is 68.2 Å². The van der Waals surface area contributed by atoms with Crippen molar-refractivity contribution in [3.63, 3.8) is 0 Å². The van der Waals surface area contributed by atoms with Gasteiger partial charge in [-0.15, -0.1) is 20.4 Å². The van der Waals surface area contributed by atoms with Crippen LogP contribution < -0.4 is 5.73 Å². The van der Waals surface area contributed by atoms with Gasteiger partial charge < -0.3 is 5.73 Å². The minimum Gasteiger partial charge on any atom is -0.382 e. The Kier molecular flexibility index (Phi) is 5.78. The summed E-state index contributed by atoms with van der Waals surface area (Å²) in [5.74, 6) is 0.438. The molecule has 0 amide bonds. The smallest absolute Gasteiger partial charge is 0.146 e. The molecule has 0 bridgehead atoms. The van der Waals surface area contributed by atoms with Gasteiger partial charge in [0.1, 0.15) is 19.6 Å². The Morgan fingerprint density at radius 3 is 1.31 bits per heavy atom. The first-order valence-electron chi connectivity index (χ1n) is 3.97. The number of aromatic nitrogens is 4. The van der Waals surface area contributed by atoms with Gasteiger partial charge in [0.2, 0.25) is 0 Å². The van der Waals surface area contributed by atoms with Gasteiger partial charge in [0.25, 0.3) is 0 Å². The highest BCUT2D eigenvalue weighted by atomic mass is 79.9. The first-order valence-corrected chi connectivity index (χ1v) is 6.35. The van der Waals surface area contributed by atoms with E-state index in [0.717, 1.165) is 9.21 Å². The predicted molar refractivity (Wildman–Crippen MR) is 71.6 cm³/mol. The fraction of sp³-hybridized carbons (Fsp3) is 0. The van der Waals surface area contributed by atoms with E-state index in [1.165, 1.54) is 0 Å². The van der Waals surface area contributed by atoms with Gasteiger partial charge >= 0.3 is 0 Å². The van der Waals surface area contributed by atoms with Gasteiger partial charge in [-0.3, -0.25) is 0 Å². The minimum atomic E-state index is 0.438. The number of nitrogens with two attached hydrogens (primary N) is 1. The van der Waals surface area contributed by atoms with Gasteiger partial charge in [0.15, 0.2) is 0 Å². The molecule has 2 rings (SSSR count). The third kappa shape index (κ3) is 5.47. The van der Waals surface area contributed by atoms with Crippen LogP contribution in [0.15, 0.2) is 38.1 Å². The highest BCUT2D eigenvalue weighted by Crippen LogP contribution is 2.07. The molecule has 0 saturated carbocycles. The lowest BCUT2D eigenvalue weighted by Crippen LogP contribution is -1.90. The zero-order chi connectivity index (χ0) is 12.0. The second kappa shape index (κ2) is 6.87. The van der Waals surface area contributed by atoms with Crippen LogP contribution in [0, 0.1) is 0 Å². The van der Waals surface area contributed by atoms with Crippen LogP contribution in [-0.2, 0) is 0 Å². The van der Waals surface area contributed by atoms with Gasteiger partial charge in [-0.2, -0.15) is 0 Å².